The standard InChI is InChI=1S/C15H10F6N2O/c16-14(17,18)8-1-4-10(5-2-8)23-13(24)11-6-3-9(7-12(11)22)15(19,20)21/h1-7H,22H2,(H,23,24). The minimum Gasteiger partial charge on any atom is -0.398 e. The maximum atomic E-state index is 12.5. The zero-order valence-electron chi connectivity index (χ0n) is 11.8. The normalized spacial score (nSPS) is 12.1. The molecule has 9 heteroatoms. The number of alkyl halides is 6. The Hall–Kier alpha value is -2.71. The van der Waals surface area contributed by atoms with Gasteiger partial charge in [0.15, 0.2) is 0 Å². The lowest BCUT2D eigenvalue weighted by molar-refractivity contribution is -0.138. The first kappa shape index (κ1) is 17.6. The summed E-state index contributed by atoms with van der Waals surface area (Å²) in [6, 6.07) is 5.80. The van der Waals surface area contributed by atoms with E-state index in [2.05, 4.69) is 5.32 Å². The van der Waals surface area contributed by atoms with Gasteiger partial charge in [-0.3, -0.25) is 4.79 Å². The summed E-state index contributed by atoms with van der Waals surface area (Å²) in [5, 5.41) is 2.27. The maximum Gasteiger partial charge on any atom is 0.416 e. The van der Waals surface area contributed by atoms with Crippen LogP contribution in [0.15, 0.2) is 42.5 Å². The molecule has 2 rings (SSSR count). The number of nitrogens with one attached hydrogen (secondary N) is 1. The SMILES string of the molecule is Nc1cc(C(F)(F)F)ccc1C(=O)Nc1ccc(C(F)(F)F)cc1. The van der Waals surface area contributed by atoms with Crippen LogP contribution in [0.5, 0.6) is 0 Å². The number of hydrogen-bond acceptors (Lipinski definition) is 2. The van der Waals surface area contributed by atoms with Gasteiger partial charge in [0.1, 0.15) is 0 Å². The first-order chi connectivity index (χ1) is 11.0. The number of rotatable bonds is 2. The second kappa shape index (κ2) is 6.06. The zero-order chi connectivity index (χ0) is 18.1. The van der Waals surface area contributed by atoms with E-state index in [4.69, 9.17) is 5.73 Å². The van der Waals surface area contributed by atoms with Gasteiger partial charge in [-0.2, -0.15) is 26.3 Å². The van der Waals surface area contributed by atoms with E-state index in [1.165, 1.54) is 0 Å². The lowest BCUT2D eigenvalue weighted by Gasteiger charge is -2.12. The summed E-state index contributed by atoms with van der Waals surface area (Å²) in [5.41, 5.74) is 2.98. The Bertz CT molecular complexity index is 750. The number of carbonyl (C=O) groups excluding carboxylic acids is 1. The molecule has 1 amide bonds. The number of halogens is 6. The molecule has 2 aromatic rings. The van der Waals surface area contributed by atoms with E-state index in [0.717, 1.165) is 30.3 Å². The van der Waals surface area contributed by atoms with Crippen LogP contribution in [0.4, 0.5) is 37.7 Å². The van der Waals surface area contributed by atoms with Crippen molar-refractivity contribution in [2.45, 2.75) is 12.4 Å². The molecule has 0 aliphatic rings. The van der Waals surface area contributed by atoms with E-state index in [-0.39, 0.29) is 11.3 Å². The van der Waals surface area contributed by atoms with Crippen LogP contribution >= 0.6 is 0 Å². The van der Waals surface area contributed by atoms with Crippen LogP contribution in [0, 0.1) is 0 Å². The topological polar surface area (TPSA) is 55.1 Å². The first-order valence-corrected chi connectivity index (χ1v) is 6.44. The van der Waals surface area contributed by atoms with Gasteiger partial charge in [-0.15, -0.1) is 0 Å². The number of amides is 1. The van der Waals surface area contributed by atoms with Crippen molar-refractivity contribution in [1.29, 1.82) is 0 Å². The molecule has 3 nitrogen and oxygen atoms in total. The maximum absolute atomic E-state index is 12.5. The number of carbonyl (C=O) groups is 1. The molecule has 128 valence electrons. The van der Waals surface area contributed by atoms with Crippen LogP contribution in [0.25, 0.3) is 0 Å². The molecule has 0 saturated carbocycles. The molecule has 3 N–H and O–H groups in total. The van der Waals surface area contributed by atoms with Gasteiger partial charge in [0.2, 0.25) is 0 Å². The van der Waals surface area contributed by atoms with E-state index >= 15 is 0 Å². The summed E-state index contributed by atoms with van der Waals surface area (Å²) in [5.74, 6) is -0.832. The van der Waals surface area contributed by atoms with Crippen molar-refractivity contribution in [3.63, 3.8) is 0 Å². The number of anilines is 2. The fourth-order valence-electron chi connectivity index (χ4n) is 1.89. The molecule has 0 aromatic heterocycles. The molecule has 0 radical (unpaired) electrons. The highest BCUT2D eigenvalue weighted by Gasteiger charge is 2.31. The fourth-order valence-corrected chi connectivity index (χ4v) is 1.89. The van der Waals surface area contributed by atoms with Crippen molar-refractivity contribution >= 4 is 17.3 Å². The molecular formula is C15H10F6N2O. The summed E-state index contributed by atoms with van der Waals surface area (Å²) >= 11 is 0. The monoisotopic (exact) mass is 348 g/mol. The summed E-state index contributed by atoms with van der Waals surface area (Å²) in [6.07, 6.45) is -9.11. The van der Waals surface area contributed by atoms with Crippen LogP contribution in [0.1, 0.15) is 21.5 Å². The Balaban J connectivity index is 2.18. The lowest BCUT2D eigenvalue weighted by atomic mass is 10.1. The molecule has 0 spiro atoms. The third-order valence-electron chi connectivity index (χ3n) is 3.09. The van der Waals surface area contributed by atoms with E-state index in [1.54, 1.807) is 0 Å². The Kier molecular flexibility index (Phi) is 4.46. The minimum absolute atomic E-state index is 0.0484. The number of hydrogen-bond donors (Lipinski definition) is 2. The third-order valence-corrected chi connectivity index (χ3v) is 3.09. The third kappa shape index (κ3) is 3.98. The van der Waals surface area contributed by atoms with Crippen LogP contribution in [0.2, 0.25) is 0 Å². The predicted molar refractivity (Wildman–Crippen MR) is 75.3 cm³/mol. The molecule has 0 unspecified atom stereocenters. The van der Waals surface area contributed by atoms with Crippen LogP contribution in [-0.2, 0) is 12.4 Å². The summed E-state index contributed by atoms with van der Waals surface area (Å²) < 4.78 is 74.9. The van der Waals surface area contributed by atoms with Crippen molar-refractivity contribution in [1.82, 2.24) is 0 Å². The minimum atomic E-state index is -4.60. The molecule has 0 aliphatic carbocycles. The summed E-state index contributed by atoms with van der Waals surface area (Å²) in [6.45, 7) is 0. The van der Waals surface area contributed by atoms with E-state index in [9.17, 15) is 31.1 Å². The molecule has 0 fully saturated rings. The van der Waals surface area contributed by atoms with Gasteiger partial charge < -0.3 is 11.1 Å². The summed E-state index contributed by atoms with van der Waals surface area (Å²) in [4.78, 5) is 12.0. The van der Waals surface area contributed by atoms with E-state index < -0.39 is 35.1 Å². The van der Waals surface area contributed by atoms with E-state index in [0.29, 0.717) is 12.1 Å². The highest BCUT2D eigenvalue weighted by molar-refractivity contribution is 6.07. The van der Waals surface area contributed by atoms with Crippen LogP contribution in [-0.4, -0.2) is 5.91 Å². The zero-order valence-corrected chi connectivity index (χ0v) is 11.8. The quantitative estimate of drug-likeness (QED) is 0.618. The van der Waals surface area contributed by atoms with Gasteiger partial charge in [-0.05, 0) is 42.5 Å². The highest BCUT2D eigenvalue weighted by Crippen LogP contribution is 2.32. The van der Waals surface area contributed by atoms with Crippen LogP contribution < -0.4 is 11.1 Å². The molecule has 0 atom stereocenters. The molecule has 2 aromatic carbocycles. The molecular weight excluding hydrogens is 338 g/mol. The molecule has 0 saturated heterocycles. The smallest absolute Gasteiger partial charge is 0.398 e. The fraction of sp³-hybridized carbons (Fsp3) is 0.133. The molecule has 0 heterocycles. The number of nitrogens with two attached hydrogens (primary N) is 1. The second-order valence-corrected chi connectivity index (χ2v) is 4.83. The van der Waals surface area contributed by atoms with Gasteiger partial charge in [0.05, 0.1) is 16.7 Å². The Morgan fingerprint density at radius 1 is 0.833 bits per heavy atom. The van der Waals surface area contributed by atoms with Gasteiger partial charge >= 0.3 is 12.4 Å². The van der Waals surface area contributed by atoms with Crippen molar-refractivity contribution < 1.29 is 31.1 Å². The van der Waals surface area contributed by atoms with Gasteiger partial charge in [-0.25, -0.2) is 0 Å². The molecule has 24 heavy (non-hydrogen) atoms. The highest BCUT2D eigenvalue weighted by atomic mass is 19.4. The van der Waals surface area contributed by atoms with Crippen molar-refractivity contribution in [2.24, 2.45) is 0 Å². The molecule has 0 aliphatic heterocycles. The van der Waals surface area contributed by atoms with Crippen molar-refractivity contribution in [2.75, 3.05) is 11.1 Å². The van der Waals surface area contributed by atoms with E-state index in [1.807, 2.05) is 0 Å². The van der Waals surface area contributed by atoms with Gasteiger partial charge in [0, 0.05) is 11.4 Å². The Labute approximate surface area is 132 Å². The largest absolute Gasteiger partial charge is 0.416 e. The Morgan fingerprint density at radius 3 is 1.79 bits per heavy atom. The first-order valence-electron chi connectivity index (χ1n) is 6.44. The Morgan fingerprint density at radius 2 is 1.33 bits per heavy atom. The van der Waals surface area contributed by atoms with Gasteiger partial charge in [-0.1, -0.05) is 0 Å². The van der Waals surface area contributed by atoms with Crippen LogP contribution in [0.3, 0.4) is 0 Å². The second-order valence-electron chi connectivity index (χ2n) is 4.83. The number of benzene rings is 2. The average Bonchev–Trinajstić information content (AvgIpc) is 2.45. The van der Waals surface area contributed by atoms with Gasteiger partial charge in [0.25, 0.3) is 5.91 Å². The summed E-state index contributed by atoms with van der Waals surface area (Å²) in [7, 11) is 0. The van der Waals surface area contributed by atoms with Crippen molar-refractivity contribution in [3.8, 4) is 0 Å². The average molecular weight is 348 g/mol. The lowest BCUT2D eigenvalue weighted by Crippen LogP contribution is -2.15. The molecule has 0 bridgehead atoms. The number of nitrogen functional groups attached to an aromatic ring is 1. The van der Waals surface area contributed by atoms with Crippen molar-refractivity contribution in [3.05, 3.63) is 59.2 Å². The predicted octanol–water partition coefficient (Wildman–Crippen LogP) is 4.56.